The van der Waals surface area contributed by atoms with Crippen molar-refractivity contribution in [2.24, 2.45) is 10.8 Å². The molecular weight excluding hydrogens is 616 g/mol. The van der Waals surface area contributed by atoms with Crippen LogP contribution in [0.2, 0.25) is 0 Å². The van der Waals surface area contributed by atoms with Gasteiger partial charge in [-0.2, -0.15) is 10.5 Å². The van der Waals surface area contributed by atoms with Gasteiger partial charge in [0.15, 0.2) is 17.3 Å². The van der Waals surface area contributed by atoms with Gasteiger partial charge in [0.25, 0.3) is 0 Å². The fourth-order valence-corrected chi connectivity index (χ4v) is 7.83. The number of aliphatic hydroxyl groups excluding tert-OH is 1. The molecule has 4 heterocycles. The molecule has 4 aliphatic carbocycles. The summed E-state index contributed by atoms with van der Waals surface area (Å²) in [6, 6.07) is 7.84. The molecule has 49 heavy (non-hydrogen) atoms. The van der Waals surface area contributed by atoms with Crippen LogP contribution in [-0.2, 0) is 22.4 Å². The largest absolute Gasteiger partial charge is 0.387 e. The van der Waals surface area contributed by atoms with E-state index in [0.29, 0.717) is 27.9 Å². The molecule has 0 amide bonds. The maximum atomic E-state index is 12.4. The van der Waals surface area contributed by atoms with E-state index >= 15 is 0 Å². The van der Waals surface area contributed by atoms with Crippen LogP contribution in [0.5, 0.6) is 0 Å². The van der Waals surface area contributed by atoms with E-state index in [2.05, 4.69) is 31.9 Å². The first-order valence-electron chi connectivity index (χ1n) is 17.1. The number of hydrogen-bond donors (Lipinski definition) is 1. The van der Waals surface area contributed by atoms with E-state index in [4.69, 9.17) is 0 Å². The number of hydrogen-bond acceptors (Lipinski definition) is 10. The highest BCUT2D eigenvalue weighted by molar-refractivity contribution is 6.11. The minimum Gasteiger partial charge on any atom is -0.387 e. The molecule has 0 radical (unpaired) electrons. The maximum Gasteiger partial charge on any atom is 0.179 e. The van der Waals surface area contributed by atoms with Gasteiger partial charge in [-0.3, -0.25) is 24.4 Å². The highest BCUT2D eigenvalue weighted by Crippen LogP contribution is 2.55. The minimum absolute atomic E-state index is 0. The van der Waals surface area contributed by atoms with Crippen molar-refractivity contribution < 1.29 is 19.5 Å². The van der Waals surface area contributed by atoms with Crippen molar-refractivity contribution in [2.45, 2.75) is 91.6 Å². The number of rotatable bonds is 4. The third-order valence-electron chi connectivity index (χ3n) is 11.4. The number of Topliss-reactive ketones (excluding diaryl/α,β-unsaturated/α-hetero) is 3. The van der Waals surface area contributed by atoms with Gasteiger partial charge in [-0.25, -0.2) is 0 Å². The van der Waals surface area contributed by atoms with Gasteiger partial charge in [-0.15, -0.1) is 0 Å². The first-order valence-corrected chi connectivity index (χ1v) is 17.1. The lowest BCUT2D eigenvalue weighted by Crippen LogP contribution is -2.36. The van der Waals surface area contributed by atoms with Crippen molar-refractivity contribution in [3.63, 3.8) is 0 Å². The molecule has 2 spiro atoms. The summed E-state index contributed by atoms with van der Waals surface area (Å²) in [5.74, 6) is -0.384. The lowest BCUT2D eigenvalue weighted by Gasteiger charge is -2.37. The Labute approximate surface area is 288 Å². The van der Waals surface area contributed by atoms with Crippen LogP contribution >= 0.6 is 0 Å². The van der Waals surface area contributed by atoms with Crippen LogP contribution < -0.4 is 0 Å². The summed E-state index contributed by atoms with van der Waals surface area (Å²) >= 11 is 0. The Hall–Kier alpha value is -4.67. The lowest BCUT2D eigenvalue weighted by molar-refractivity contribution is -0.115. The summed E-state index contributed by atoms with van der Waals surface area (Å²) in [5.41, 5.74) is 7.36. The predicted molar refractivity (Wildman–Crippen MR) is 183 cm³/mol. The summed E-state index contributed by atoms with van der Waals surface area (Å²) in [5, 5.41) is 29.0. The zero-order valence-corrected chi connectivity index (χ0v) is 27.6. The SMILES string of the molecule is C.CC(=O)c1cc2c(cn1)CC(=O)C(C#N)=C2N1CCC2(CC1)CC2.CC(O)c1cc2c(cn1)CC(=O)C(C#N)=C2N1CCC2(CC1)CC2. The smallest absolute Gasteiger partial charge is 0.179 e. The summed E-state index contributed by atoms with van der Waals surface area (Å²) < 4.78 is 0. The van der Waals surface area contributed by atoms with Crippen LogP contribution in [0.3, 0.4) is 0 Å². The fraction of sp³-hybridized carbons (Fsp3) is 0.513. The Balaban J connectivity index is 0.000000167. The first kappa shape index (κ1) is 34.2. The number of aromatic nitrogens is 2. The van der Waals surface area contributed by atoms with E-state index in [1.54, 1.807) is 25.4 Å². The number of carbonyl (C=O) groups is 3. The van der Waals surface area contributed by atoms with Crippen molar-refractivity contribution in [2.75, 3.05) is 26.2 Å². The number of allylic oxidation sites excluding steroid dienone is 2. The Morgan fingerprint density at radius 1 is 0.776 bits per heavy atom. The monoisotopic (exact) mass is 660 g/mol. The average Bonchev–Trinajstić information content (AvgIpc) is 4.02. The van der Waals surface area contributed by atoms with Gasteiger partial charge in [0.1, 0.15) is 29.0 Å². The van der Waals surface area contributed by atoms with Crippen LogP contribution in [-0.4, -0.2) is 68.4 Å². The van der Waals surface area contributed by atoms with Crippen molar-refractivity contribution in [3.05, 3.63) is 69.3 Å². The molecule has 8 rings (SSSR count). The third-order valence-corrected chi connectivity index (χ3v) is 11.4. The Kier molecular flexibility index (Phi) is 9.06. The average molecular weight is 661 g/mol. The van der Waals surface area contributed by atoms with E-state index < -0.39 is 6.10 Å². The Morgan fingerprint density at radius 3 is 1.59 bits per heavy atom. The standard InChI is InChI=1S/C19H21N3O2.C19H19N3O2.CH4/c2*1-12(23)16-9-14-13(11-21-16)8-17(24)15(10-20)18(14)22-6-4-19(2-3-19)5-7-22;/h9,11-12,23H,2-8H2,1H3;9,11H,2-8H2,1H3;1H4. The fourth-order valence-electron chi connectivity index (χ4n) is 7.83. The van der Waals surface area contributed by atoms with Crippen LogP contribution in [0, 0.1) is 33.5 Å². The highest BCUT2D eigenvalue weighted by Gasteiger charge is 2.46. The molecule has 2 aromatic rings. The van der Waals surface area contributed by atoms with E-state index in [9.17, 15) is 30.0 Å². The quantitative estimate of drug-likeness (QED) is 0.415. The van der Waals surface area contributed by atoms with Gasteiger partial charge in [0.05, 0.1) is 23.2 Å². The molecular formula is C39H44N6O4. The zero-order chi connectivity index (χ0) is 33.8. The second-order valence-corrected chi connectivity index (χ2v) is 14.6. The molecule has 0 aromatic carbocycles. The number of likely N-dealkylation sites (tertiary alicyclic amines) is 2. The second-order valence-electron chi connectivity index (χ2n) is 14.6. The Morgan fingerprint density at radius 2 is 1.20 bits per heavy atom. The van der Waals surface area contributed by atoms with Gasteiger partial charge in [-0.05, 0) is 92.4 Å². The molecule has 2 aliphatic heterocycles. The molecule has 2 aromatic heterocycles. The van der Waals surface area contributed by atoms with E-state index in [1.165, 1.54) is 32.6 Å². The van der Waals surface area contributed by atoms with Gasteiger partial charge >= 0.3 is 0 Å². The Bertz CT molecular complexity index is 1870. The van der Waals surface area contributed by atoms with Gasteiger partial charge in [0, 0.05) is 69.5 Å². The molecule has 2 saturated heterocycles. The molecule has 1 N–H and O–H groups in total. The van der Waals surface area contributed by atoms with Crippen molar-refractivity contribution in [3.8, 4) is 12.1 Å². The summed E-state index contributed by atoms with van der Waals surface area (Å²) in [6.45, 7) is 6.67. The van der Waals surface area contributed by atoms with Crippen LogP contribution in [0.1, 0.15) is 117 Å². The van der Waals surface area contributed by atoms with Crippen molar-refractivity contribution in [1.29, 1.82) is 10.5 Å². The second kappa shape index (κ2) is 13.0. The van der Waals surface area contributed by atoms with Crippen LogP contribution in [0.15, 0.2) is 35.7 Å². The van der Waals surface area contributed by atoms with Gasteiger partial charge in [0.2, 0.25) is 0 Å². The topological polar surface area (TPSA) is 151 Å². The van der Waals surface area contributed by atoms with Gasteiger partial charge in [-0.1, -0.05) is 7.43 Å². The molecule has 6 aliphatic rings. The van der Waals surface area contributed by atoms with Crippen LogP contribution in [0.4, 0.5) is 0 Å². The zero-order valence-electron chi connectivity index (χ0n) is 27.6. The summed E-state index contributed by atoms with van der Waals surface area (Å²) in [7, 11) is 0. The third kappa shape index (κ3) is 6.43. The minimum atomic E-state index is -0.671. The summed E-state index contributed by atoms with van der Waals surface area (Å²) in [4.78, 5) is 49.3. The first-order chi connectivity index (χ1) is 23.1. The molecule has 254 valence electrons. The molecule has 4 fully saturated rings. The highest BCUT2D eigenvalue weighted by atomic mass is 16.3. The van der Waals surface area contributed by atoms with E-state index in [1.807, 2.05) is 6.07 Å². The molecule has 2 saturated carbocycles. The molecule has 10 heteroatoms. The normalized spacial score (nSPS) is 21.8. The number of aliphatic hydroxyl groups is 1. The van der Waals surface area contributed by atoms with Gasteiger partial charge < -0.3 is 14.9 Å². The number of ketones is 3. The number of carbonyl (C=O) groups excluding carboxylic acids is 3. The number of nitrogens with zero attached hydrogens (tertiary/aromatic N) is 6. The maximum absolute atomic E-state index is 12.4. The lowest BCUT2D eigenvalue weighted by atomic mass is 9.86. The van der Waals surface area contributed by atoms with Crippen molar-refractivity contribution >= 4 is 28.7 Å². The number of piperidine rings is 2. The molecule has 10 nitrogen and oxygen atoms in total. The predicted octanol–water partition coefficient (Wildman–Crippen LogP) is 5.53. The number of fused-ring (bicyclic) bond motifs is 2. The molecule has 1 atom stereocenters. The van der Waals surface area contributed by atoms with Crippen LogP contribution in [0.25, 0.3) is 11.4 Å². The molecule has 1 unspecified atom stereocenters. The molecule has 0 bridgehead atoms. The van der Waals surface area contributed by atoms with E-state index in [0.717, 1.165) is 79.8 Å². The summed E-state index contributed by atoms with van der Waals surface area (Å²) in [6.07, 6.45) is 12.8. The number of nitriles is 2. The van der Waals surface area contributed by atoms with Crippen molar-refractivity contribution in [1.82, 2.24) is 19.8 Å². The van der Waals surface area contributed by atoms with E-state index in [-0.39, 0.29) is 48.8 Å². The number of pyridine rings is 2.